The lowest BCUT2D eigenvalue weighted by Crippen LogP contribution is -2.64. The van der Waals surface area contributed by atoms with Crippen LogP contribution in [0, 0.1) is 0 Å². The van der Waals surface area contributed by atoms with E-state index < -0.39 is 217 Å². The van der Waals surface area contributed by atoms with E-state index in [1.165, 1.54) is 38.1 Å². The fourth-order valence-electron chi connectivity index (χ4n) is 12.7. The smallest absolute Gasteiger partial charge is 0.246 e. The van der Waals surface area contributed by atoms with E-state index in [1.54, 1.807) is 66.9 Å². The minimum Gasteiger partial charge on any atom is -0.391 e. The predicted molar refractivity (Wildman–Crippen MR) is 432 cm³/mol. The van der Waals surface area contributed by atoms with Gasteiger partial charge >= 0.3 is 0 Å². The van der Waals surface area contributed by atoms with Gasteiger partial charge in [-0.25, -0.2) is 0 Å². The monoisotopic (exact) mass is 1660 g/mol. The normalized spacial score (nSPS) is 18.7. The Labute approximate surface area is 682 Å². The van der Waals surface area contributed by atoms with Crippen molar-refractivity contribution >= 4 is 140 Å². The Morgan fingerprint density at radius 3 is 1.86 bits per heavy atom. The standard InChI is InChI=1S/C77H104N22O18S/c1-41(100)65-75(116)93-58(36-48-38-85-51-16-8-7-15-50(48)51)72(113)89-53(24-26-61(79)103)68(109)94-60(40-118-32-28-55(87-43(3)102)69(110)88-54(70(111)96-65)25-27-62(80)104)73(114)90-56(34-44-19-22-49(23-20-44)98-99-83)71(112)91-57(35-45-18-21-46-13-5-6-14-47(46)33-45)74(115)97-77(4,29-10-11-30-78)76(117)95-52(17-9-12-31-84-42(2)101)67(108)92-59(37-63(81)105)66(107)86-39-64(82)106/h5-8,13-16,18-23,33,38,41,52-60,65,85,100H,9-12,17,24-32,34-37,39-40,78H2,1-4H3,(H2,79,103)(H2,80,104)(H2,81,105)(H2,82,106)(H,84,101)(H,86,107)(H,87,102)(H,88,110)(H,89,113)(H,90,114)(H,91,112)(H,92,108)(H,93,116)(H,94,109)(H,95,117)(H,96,111)(H,97,115)/t41-,52+,53+,54+,55+,56+,57+,58+,59+,60+,65+,77+/m1/s1. The molecular weight excluding hydrogens is 1550 g/mol. The fourth-order valence-corrected chi connectivity index (χ4v) is 13.8. The third-order valence-corrected chi connectivity index (χ3v) is 20.2. The summed E-state index contributed by atoms with van der Waals surface area (Å²) < 4.78 is 0. The number of azide groups is 1. The van der Waals surface area contributed by atoms with Crippen molar-refractivity contribution in [2.75, 3.05) is 31.1 Å². The number of H-pyrrole nitrogens is 1. The SMILES string of the molecule is CC(=O)NCCCC[C@H](NC(=O)[C@](C)(CCCCN)NC(=O)[C@H](Cc1ccc2ccccc2c1)NC(=O)[C@H](Cc1ccc(N=[N+]=[N-])cc1)NC(=O)[C@@H]1CSCC[C@H](NC(C)=O)C(=O)N[C@@H](CCC(N)=O)C(=O)N[C@@H]([C@@H](C)O)C(=O)N[C@@H](Cc2c[nH]c3ccccc23)C(=O)N[C@@H](CCC(N)=O)C(=O)N1)C(=O)N[C@@H](CC(N)=O)C(=O)NCC(N)=O. The number of nitrogens with one attached hydrogen (secondary N) is 14. The van der Waals surface area contributed by atoms with Crippen LogP contribution in [0.3, 0.4) is 0 Å². The molecule has 12 atom stereocenters. The molecule has 0 bridgehead atoms. The summed E-state index contributed by atoms with van der Waals surface area (Å²) in [6.07, 6.45) is -3.89. The topological polar surface area (TPSA) is 661 Å². The summed E-state index contributed by atoms with van der Waals surface area (Å²) >= 11 is 0.910. The molecule has 6 rings (SSSR count). The summed E-state index contributed by atoms with van der Waals surface area (Å²) in [7, 11) is 0. The van der Waals surface area contributed by atoms with Crippen molar-refractivity contribution < 1.29 is 86.6 Å². The number of amides is 17. The third-order valence-electron chi connectivity index (χ3n) is 19.1. The lowest BCUT2D eigenvalue weighted by molar-refractivity contribution is -0.138. The van der Waals surface area contributed by atoms with E-state index in [0.717, 1.165) is 31.0 Å². The number of benzene rings is 4. The Morgan fingerprint density at radius 1 is 0.619 bits per heavy atom. The van der Waals surface area contributed by atoms with Crippen LogP contribution in [-0.4, -0.2) is 214 Å². The van der Waals surface area contributed by atoms with Crippen molar-refractivity contribution in [3.05, 3.63) is 124 Å². The van der Waals surface area contributed by atoms with E-state index in [4.69, 9.17) is 28.7 Å². The van der Waals surface area contributed by atoms with Gasteiger partial charge in [-0.15, -0.1) is 0 Å². The molecule has 2 heterocycles. The van der Waals surface area contributed by atoms with Crippen molar-refractivity contribution in [1.29, 1.82) is 0 Å². The van der Waals surface area contributed by atoms with Crippen LogP contribution >= 0.6 is 11.8 Å². The van der Waals surface area contributed by atoms with Crippen LogP contribution in [0.25, 0.3) is 32.1 Å². The molecular formula is C77H104N22O18S. The van der Waals surface area contributed by atoms with Gasteiger partial charge in [0.1, 0.15) is 66.0 Å². The van der Waals surface area contributed by atoms with Crippen molar-refractivity contribution in [3.63, 3.8) is 0 Å². The number of nitrogens with two attached hydrogens (primary N) is 5. The van der Waals surface area contributed by atoms with Gasteiger partial charge in [0.05, 0.1) is 19.1 Å². The van der Waals surface area contributed by atoms with Crippen LogP contribution in [0.2, 0.25) is 0 Å². The highest BCUT2D eigenvalue weighted by Crippen LogP contribution is 2.24. The average molecular weight is 1660 g/mol. The molecule has 41 heteroatoms. The number of hydrogen-bond acceptors (Lipinski definition) is 21. The second kappa shape index (κ2) is 46.7. The number of fused-ring (bicyclic) bond motifs is 2. The summed E-state index contributed by atoms with van der Waals surface area (Å²) in [5.41, 5.74) is 37.0. The molecule has 17 amide bonds. The molecule has 1 aliphatic heterocycles. The minimum atomic E-state index is -2.02. The highest BCUT2D eigenvalue weighted by Gasteiger charge is 2.42. The van der Waals surface area contributed by atoms with Crippen molar-refractivity contribution in [2.45, 2.75) is 196 Å². The molecule has 118 heavy (non-hydrogen) atoms. The van der Waals surface area contributed by atoms with Crippen LogP contribution in [0.1, 0.15) is 121 Å². The van der Waals surface area contributed by atoms with Crippen LogP contribution in [0.5, 0.6) is 0 Å². The Hall–Kier alpha value is -12.8. The number of rotatable bonds is 39. The van der Waals surface area contributed by atoms with E-state index >= 15 is 28.8 Å². The molecule has 5 aromatic rings. The largest absolute Gasteiger partial charge is 0.391 e. The van der Waals surface area contributed by atoms with E-state index in [1.807, 2.05) is 6.07 Å². The van der Waals surface area contributed by atoms with Crippen LogP contribution in [0.15, 0.2) is 102 Å². The molecule has 0 unspecified atom stereocenters. The van der Waals surface area contributed by atoms with Crippen LogP contribution in [0.4, 0.5) is 5.69 Å². The van der Waals surface area contributed by atoms with Gasteiger partial charge in [-0.1, -0.05) is 90.0 Å². The van der Waals surface area contributed by atoms with Gasteiger partial charge in [-0.2, -0.15) is 11.8 Å². The predicted octanol–water partition coefficient (Wildman–Crippen LogP) is -3.01. The molecule has 1 saturated heterocycles. The first kappa shape index (κ1) is 94.1. The number of carbonyl (C=O) groups is 17. The molecule has 1 aromatic heterocycles. The maximum Gasteiger partial charge on any atom is 0.246 e. The van der Waals surface area contributed by atoms with Crippen molar-refractivity contribution in [3.8, 4) is 0 Å². The molecule has 1 fully saturated rings. The summed E-state index contributed by atoms with van der Waals surface area (Å²) in [5, 5.41) is 50.1. The Kier molecular flexibility index (Phi) is 37.3. The highest BCUT2D eigenvalue weighted by atomic mass is 32.2. The van der Waals surface area contributed by atoms with Crippen molar-refractivity contribution in [1.82, 2.24) is 74.1 Å². The fraction of sp³-hybridized carbons (Fsp3) is 0.468. The van der Waals surface area contributed by atoms with E-state index in [0.29, 0.717) is 39.4 Å². The Bertz CT molecular complexity index is 4520. The number of nitrogens with zero attached hydrogens (tertiary/aromatic N) is 3. The van der Waals surface area contributed by atoms with Gasteiger partial charge in [0, 0.05) is 85.9 Å². The molecule has 1 aliphatic rings. The number of unbranched alkanes of at least 4 members (excludes halogenated alkanes) is 2. The molecule has 0 aliphatic carbocycles. The van der Waals surface area contributed by atoms with Gasteiger partial charge in [-0.05, 0) is 123 Å². The summed E-state index contributed by atoms with van der Waals surface area (Å²) in [4.78, 5) is 242. The van der Waals surface area contributed by atoms with Gasteiger partial charge < -0.3 is 108 Å². The van der Waals surface area contributed by atoms with Gasteiger partial charge in [0.2, 0.25) is 100 Å². The quantitative estimate of drug-likeness (QED) is 0.00807. The van der Waals surface area contributed by atoms with Crippen LogP contribution in [-0.2, 0) is 101 Å². The lowest BCUT2D eigenvalue weighted by atomic mass is 9.91. The van der Waals surface area contributed by atoms with Gasteiger partial charge in [0.15, 0.2) is 0 Å². The molecule has 0 saturated carbocycles. The highest BCUT2D eigenvalue weighted by molar-refractivity contribution is 7.99. The summed E-state index contributed by atoms with van der Waals surface area (Å²) in [6, 6.07) is 7.99. The zero-order valence-corrected chi connectivity index (χ0v) is 66.6. The zero-order chi connectivity index (χ0) is 86.8. The first-order chi connectivity index (χ1) is 56.1. The third kappa shape index (κ3) is 30.8. The number of primary amides is 4. The second-order valence-corrected chi connectivity index (χ2v) is 29.9. The Morgan fingerprint density at radius 2 is 1.22 bits per heavy atom. The van der Waals surface area contributed by atoms with Crippen LogP contribution < -0.4 is 97.8 Å². The van der Waals surface area contributed by atoms with E-state index in [9.17, 15) is 63.4 Å². The number of aliphatic hydroxyl groups is 1. The zero-order valence-electron chi connectivity index (χ0n) is 65.8. The maximum absolute atomic E-state index is 15.7. The number of aromatic nitrogens is 1. The number of thioether (sulfide) groups is 1. The molecule has 25 N–H and O–H groups in total. The first-order valence-corrected chi connectivity index (χ1v) is 39.3. The first-order valence-electron chi connectivity index (χ1n) is 38.2. The molecule has 0 radical (unpaired) electrons. The van der Waals surface area contributed by atoms with Gasteiger partial charge in [0.25, 0.3) is 0 Å². The lowest BCUT2D eigenvalue weighted by Gasteiger charge is -2.34. The van der Waals surface area contributed by atoms with Gasteiger partial charge in [-0.3, -0.25) is 81.5 Å². The Balaban J connectivity index is 1.46. The second-order valence-electron chi connectivity index (χ2n) is 28.7. The molecule has 4 aromatic carbocycles. The summed E-state index contributed by atoms with van der Waals surface area (Å²) in [6.45, 7) is 4.44. The number of carbonyl (C=O) groups excluding carboxylic acids is 17. The van der Waals surface area contributed by atoms with Crippen molar-refractivity contribution in [2.24, 2.45) is 33.8 Å². The number of hydrogen-bond donors (Lipinski definition) is 20. The number of aromatic amines is 1. The molecule has 636 valence electrons. The van der Waals surface area contributed by atoms with E-state index in [2.05, 4.69) is 84.1 Å². The maximum atomic E-state index is 15.7. The number of aliphatic hydroxyl groups excluding tert-OH is 1. The number of para-hydroxylation sites is 1. The minimum absolute atomic E-state index is 0.116. The molecule has 40 nitrogen and oxygen atoms in total. The summed E-state index contributed by atoms with van der Waals surface area (Å²) in [5.74, 6) is -17.3. The average Bonchev–Trinajstić information content (AvgIpc) is 1.77. The molecule has 0 spiro atoms. The van der Waals surface area contributed by atoms with E-state index in [-0.39, 0.29) is 81.8 Å².